The molecule has 2 N–H and O–H groups in total. The van der Waals surface area contributed by atoms with Crippen LogP contribution in [0.3, 0.4) is 0 Å². The molecule has 0 saturated carbocycles. The van der Waals surface area contributed by atoms with Gasteiger partial charge >= 0.3 is 5.97 Å². The lowest BCUT2D eigenvalue weighted by Crippen LogP contribution is -2.20. The molecule has 0 aliphatic heterocycles. The van der Waals surface area contributed by atoms with Crippen LogP contribution in [-0.2, 0) is 11.2 Å². The van der Waals surface area contributed by atoms with Gasteiger partial charge in [-0.1, -0.05) is 18.5 Å². The summed E-state index contributed by atoms with van der Waals surface area (Å²) in [7, 11) is 2.92. The summed E-state index contributed by atoms with van der Waals surface area (Å²) < 4.78 is 10.0. The molecule has 2 rings (SSSR count). The molecule has 134 valence electrons. The van der Waals surface area contributed by atoms with E-state index in [4.69, 9.17) is 33.3 Å². The van der Waals surface area contributed by atoms with Crippen LogP contribution in [-0.4, -0.2) is 25.3 Å². The van der Waals surface area contributed by atoms with E-state index >= 15 is 0 Å². The largest absolute Gasteiger partial charge is 0.495 e. The van der Waals surface area contributed by atoms with Crippen LogP contribution in [0.1, 0.15) is 27.7 Å². The van der Waals surface area contributed by atoms with Gasteiger partial charge in [0.05, 0.1) is 24.8 Å². The number of benzene rings is 1. The first kappa shape index (κ1) is 19.5. The lowest BCUT2D eigenvalue weighted by atomic mass is 10.1. The average Bonchev–Trinajstić information content (AvgIpc) is 2.89. The molecule has 5 nitrogen and oxygen atoms in total. The van der Waals surface area contributed by atoms with E-state index in [1.807, 2.05) is 13.8 Å². The molecule has 0 atom stereocenters. The van der Waals surface area contributed by atoms with E-state index in [1.165, 1.54) is 18.4 Å². The maximum absolute atomic E-state index is 12.1. The Labute approximate surface area is 161 Å². The zero-order chi connectivity index (χ0) is 18.6. The molecule has 0 fully saturated rings. The maximum atomic E-state index is 12.1. The Morgan fingerprint density at radius 1 is 1.32 bits per heavy atom. The zero-order valence-electron chi connectivity index (χ0n) is 14.4. The summed E-state index contributed by atoms with van der Waals surface area (Å²) in [6.45, 7) is 3.97. The van der Waals surface area contributed by atoms with E-state index in [9.17, 15) is 4.79 Å². The zero-order valence-corrected chi connectivity index (χ0v) is 16.7. The number of thiophene rings is 1. The molecule has 0 unspecified atom stereocenters. The van der Waals surface area contributed by atoms with Crippen LogP contribution in [0.2, 0.25) is 5.02 Å². The maximum Gasteiger partial charge on any atom is 0.341 e. The molecule has 0 bridgehead atoms. The summed E-state index contributed by atoms with van der Waals surface area (Å²) in [4.78, 5) is 13.2. The standard InChI is InChI=1S/C17H19ClN2O3S2/c1-5-11-9(2)25-15(14(11)16(21)23-4)20-17(24)19-10-6-7-13(22-3)12(18)8-10/h6-8H,5H2,1-4H3,(H2,19,20,24). The van der Waals surface area contributed by atoms with Crippen LogP contribution in [0.4, 0.5) is 10.7 Å². The molecular formula is C17H19ClN2O3S2. The lowest BCUT2D eigenvalue weighted by molar-refractivity contribution is 0.0601. The Morgan fingerprint density at radius 2 is 2.04 bits per heavy atom. The van der Waals surface area contributed by atoms with E-state index in [1.54, 1.807) is 25.3 Å². The molecule has 0 spiro atoms. The summed E-state index contributed by atoms with van der Waals surface area (Å²) in [6, 6.07) is 5.27. The third kappa shape index (κ3) is 4.42. The highest BCUT2D eigenvalue weighted by Gasteiger charge is 2.22. The second-order valence-corrected chi connectivity index (χ2v) is 7.15. The minimum atomic E-state index is -0.376. The molecule has 0 aliphatic rings. The van der Waals surface area contributed by atoms with Crippen molar-refractivity contribution in [3.05, 3.63) is 39.2 Å². The average molecular weight is 399 g/mol. The second-order valence-electron chi connectivity index (χ2n) is 5.11. The van der Waals surface area contributed by atoms with Gasteiger partial charge in [0.2, 0.25) is 0 Å². The van der Waals surface area contributed by atoms with E-state index in [-0.39, 0.29) is 5.97 Å². The molecule has 0 radical (unpaired) electrons. The van der Waals surface area contributed by atoms with E-state index in [2.05, 4.69) is 10.6 Å². The van der Waals surface area contributed by atoms with E-state index in [0.29, 0.717) is 32.1 Å². The summed E-state index contributed by atoms with van der Waals surface area (Å²) in [5.41, 5.74) is 2.21. The number of ether oxygens (including phenoxy) is 2. The first-order valence-corrected chi connectivity index (χ1v) is 9.13. The molecule has 1 aromatic carbocycles. The predicted octanol–water partition coefficient (Wildman–Crippen LogP) is 4.88. The smallest absolute Gasteiger partial charge is 0.341 e. The summed E-state index contributed by atoms with van der Waals surface area (Å²) in [6.07, 6.45) is 0.739. The minimum Gasteiger partial charge on any atom is -0.495 e. The fraction of sp³-hybridized carbons (Fsp3) is 0.294. The molecular weight excluding hydrogens is 380 g/mol. The van der Waals surface area contributed by atoms with Crippen molar-refractivity contribution in [3.63, 3.8) is 0 Å². The Hall–Kier alpha value is -1.83. The number of carbonyl (C=O) groups excluding carboxylic acids is 1. The van der Waals surface area contributed by atoms with Gasteiger partial charge in [-0.3, -0.25) is 0 Å². The number of halogens is 1. The van der Waals surface area contributed by atoms with Crippen molar-refractivity contribution < 1.29 is 14.3 Å². The van der Waals surface area contributed by atoms with Crippen molar-refractivity contribution in [1.82, 2.24) is 0 Å². The van der Waals surface area contributed by atoms with Crippen molar-refractivity contribution in [2.24, 2.45) is 0 Å². The fourth-order valence-corrected chi connectivity index (χ4v) is 4.10. The Bertz CT molecular complexity index is 805. The SMILES string of the molecule is CCc1c(C)sc(NC(=S)Nc2ccc(OC)c(Cl)c2)c1C(=O)OC. The molecule has 2 aromatic rings. The van der Waals surface area contributed by atoms with Gasteiger partial charge in [-0.05, 0) is 49.3 Å². The first-order valence-electron chi connectivity index (χ1n) is 7.53. The van der Waals surface area contributed by atoms with Crippen LogP contribution in [0.5, 0.6) is 5.75 Å². The van der Waals surface area contributed by atoms with Gasteiger partial charge in [-0.15, -0.1) is 11.3 Å². The molecule has 0 amide bonds. The quantitative estimate of drug-likeness (QED) is 0.553. The molecule has 25 heavy (non-hydrogen) atoms. The van der Waals surface area contributed by atoms with Gasteiger partial charge in [0.1, 0.15) is 10.8 Å². The van der Waals surface area contributed by atoms with Crippen molar-refractivity contribution in [2.45, 2.75) is 20.3 Å². The summed E-state index contributed by atoms with van der Waals surface area (Å²) in [5, 5.41) is 7.63. The van der Waals surface area contributed by atoms with Crippen LogP contribution in [0.25, 0.3) is 0 Å². The number of rotatable bonds is 5. The number of methoxy groups -OCH3 is 2. The highest BCUT2D eigenvalue weighted by molar-refractivity contribution is 7.80. The number of nitrogens with one attached hydrogen (secondary N) is 2. The number of hydrogen-bond donors (Lipinski definition) is 2. The number of anilines is 2. The van der Waals surface area contributed by atoms with Gasteiger partial charge in [0.15, 0.2) is 5.11 Å². The molecule has 1 aromatic heterocycles. The van der Waals surface area contributed by atoms with Crippen molar-refractivity contribution >= 4 is 56.9 Å². The number of hydrogen-bond acceptors (Lipinski definition) is 5. The van der Waals surface area contributed by atoms with Gasteiger partial charge < -0.3 is 20.1 Å². The molecule has 0 aliphatic carbocycles. The first-order chi connectivity index (χ1) is 11.9. The van der Waals surface area contributed by atoms with Gasteiger partial charge in [-0.25, -0.2) is 4.79 Å². The third-order valence-electron chi connectivity index (χ3n) is 3.59. The number of esters is 1. The Balaban J connectivity index is 2.20. The highest BCUT2D eigenvalue weighted by Crippen LogP contribution is 2.34. The number of carbonyl (C=O) groups is 1. The Kier molecular flexibility index (Phi) is 6.64. The van der Waals surface area contributed by atoms with Gasteiger partial charge in [0, 0.05) is 10.6 Å². The highest BCUT2D eigenvalue weighted by atomic mass is 35.5. The van der Waals surface area contributed by atoms with Gasteiger partial charge in [0.25, 0.3) is 0 Å². The topological polar surface area (TPSA) is 59.6 Å². The molecule has 1 heterocycles. The van der Waals surface area contributed by atoms with Gasteiger partial charge in [-0.2, -0.15) is 0 Å². The normalized spacial score (nSPS) is 10.3. The lowest BCUT2D eigenvalue weighted by Gasteiger charge is -2.12. The molecule has 0 saturated heterocycles. The fourth-order valence-electron chi connectivity index (χ4n) is 2.42. The Morgan fingerprint density at radius 3 is 2.60 bits per heavy atom. The van der Waals surface area contributed by atoms with Crippen LogP contribution < -0.4 is 15.4 Å². The van der Waals surface area contributed by atoms with Crippen LogP contribution in [0.15, 0.2) is 18.2 Å². The third-order valence-corrected chi connectivity index (χ3v) is 5.15. The van der Waals surface area contributed by atoms with Crippen LogP contribution in [0, 0.1) is 6.92 Å². The van der Waals surface area contributed by atoms with Crippen LogP contribution >= 0.6 is 35.2 Å². The number of thiocarbonyl (C=S) groups is 1. The number of aryl methyl sites for hydroxylation is 1. The van der Waals surface area contributed by atoms with E-state index in [0.717, 1.165) is 16.9 Å². The summed E-state index contributed by atoms with van der Waals surface area (Å²) in [5.74, 6) is 0.208. The monoisotopic (exact) mass is 398 g/mol. The predicted molar refractivity (Wildman–Crippen MR) is 108 cm³/mol. The van der Waals surface area contributed by atoms with Crippen molar-refractivity contribution in [3.8, 4) is 5.75 Å². The summed E-state index contributed by atoms with van der Waals surface area (Å²) >= 11 is 12.9. The van der Waals surface area contributed by atoms with E-state index < -0.39 is 0 Å². The minimum absolute atomic E-state index is 0.357. The van der Waals surface area contributed by atoms with Crippen molar-refractivity contribution in [2.75, 3.05) is 24.9 Å². The molecule has 8 heteroatoms. The second kappa shape index (κ2) is 8.51. The van der Waals surface area contributed by atoms with Crippen molar-refractivity contribution in [1.29, 1.82) is 0 Å².